The van der Waals surface area contributed by atoms with Gasteiger partial charge >= 0.3 is 0 Å². The van der Waals surface area contributed by atoms with Crippen LogP contribution in [0.4, 0.5) is 17.2 Å². The van der Waals surface area contributed by atoms with Gasteiger partial charge < -0.3 is 11.1 Å². The number of benzene rings is 1. The van der Waals surface area contributed by atoms with E-state index >= 15 is 0 Å². The maximum Gasteiger partial charge on any atom is 0.165 e. The van der Waals surface area contributed by atoms with Gasteiger partial charge in [-0.1, -0.05) is 23.2 Å². The van der Waals surface area contributed by atoms with E-state index < -0.39 is 0 Å². The lowest BCUT2D eigenvalue weighted by Gasteiger charge is -2.07. The minimum atomic E-state index is 0.174. The van der Waals surface area contributed by atoms with E-state index in [1.165, 1.54) is 0 Å². The molecule has 0 spiro atoms. The van der Waals surface area contributed by atoms with E-state index in [1.54, 1.807) is 30.3 Å². The molecule has 1 aromatic heterocycles. The number of nitrogen functional groups attached to an aromatic ring is 1. The Hall–Kier alpha value is -1.96. The Kier molecular flexibility index (Phi) is 3.56. The number of nitrogens with one attached hydrogen (secondary N) is 1. The van der Waals surface area contributed by atoms with Crippen molar-refractivity contribution in [2.24, 2.45) is 0 Å². The van der Waals surface area contributed by atoms with E-state index in [4.69, 9.17) is 34.2 Å². The minimum absolute atomic E-state index is 0.174. The van der Waals surface area contributed by atoms with E-state index in [-0.39, 0.29) is 5.69 Å². The molecule has 6 heteroatoms. The number of nitrogens with two attached hydrogens (primary N) is 1. The van der Waals surface area contributed by atoms with Gasteiger partial charge in [0.25, 0.3) is 0 Å². The Balaban J connectivity index is 2.31. The molecule has 2 rings (SSSR count). The zero-order chi connectivity index (χ0) is 13.1. The summed E-state index contributed by atoms with van der Waals surface area (Å²) in [6.45, 7) is 0. The number of halogens is 2. The molecule has 0 aliphatic carbocycles. The molecule has 0 fully saturated rings. The summed E-state index contributed by atoms with van der Waals surface area (Å²) in [4.78, 5) is 4.06. The van der Waals surface area contributed by atoms with E-state index in [1.807, 2.05) is 6.07 Å². The van der Waals surface area contributed by atoms with Crippen LogP contribution in [0.3, 0.4) is 0 Å². The van der Waals surface area contributed by atoms with Crippen LogP contribution in [0.5, 0.6) is 0 Å². The topological polar surface area (TPSA) is 74.7 Å². The van der Waals surface area contributed by atoms with Crippen molar-refractivity contribution in [3.63, 3.8) is 0 Å². The van der Waals surface area contributed by atoms with Crippen LogP contribution in [0.1, 0.15) is 5.69 Å². The van der Waals surface area contributed by atoms with Gasteiger partial charge in [-0.05, 0) is 30.3 Å². The predicted molar refractivity (Wildman–Crippen MR) is 73.1 cm³/mol. The summed E-state index contributed by atoms with van der Waals surface area (Å²) in [7, 11) is 0. The third-order valence-corrected chi connectivity index (χ3v) is 2.60. The molecule has 0 bridgehead atoms. The van der Waals surface area contributed by atoms with Crippen molar-refractivity contribution in [3.8, 4) is 6.07 Å². The van der Waals surface area contributed by atoms with Crippen LogP contribution in [0.25, 0.3) is 0 Å². The lowest BCUT2D eigenvalue weighted by atomic mass is 10.3. The normalized spacial score (nSPS) is 9.83. The van der Waals surface area contributed by atoms with Crippen LogP contribution in [-0.2, 0) is 0 Å². The number of pyridine rings is 1. The first-order chi connectivity index (χ1) is 8.58. The summed E-state index contributed by atoms with van der Waals surface area (Å²) in [5.74, 6) is 0.499. The Morgan fingerprint density at radius 2 is 1.83 bits per heavy atom. The van der Waals surface area contributed by atoms with Crippen LogP contribution in [-0.4, -0.2) is 4.98 Å². The Morgan fingerprint density at radius 1 is 1.17 bits per heavy atom. The summed E-state index contributed by atoms with van der Waals surface area (Å²) in [5.41, 5.74) is 6.79. The average Bonchev–Trinajstić information content (AvgIpc) is 2.30. The summed E-state index contributed by atoms with van der Waals surface area (Å²) < 4.78 is 0. The maximum absolute atomic E-state index is 8.83. The molecule has 0 atom stereocenters. The lowest BCUT2D eigenvalue weighted by Crippen LogP contribution is -1.99. The molecule has 0 unspecified atom stereocenters. The number of nitriles is 1. The summed E-state index contributed by atoms with van der Waals surface area (Å²) in [6.07, 6.45) is 0. The summed E-state index contributed by atoms with van der Waals surface area (Å²) in [6, 6.07) is 10.2. The molecular weight excluding hydrogens is 271 g/mol. The smallest absolute Gasteiger partial charge is 0.165 e. The highest BCUT2D eigenvalue weighted by Crippen LogP contribution is 2.25. The molecule has 0 radical (unpaired) electrons. The van der Waals surface area contributed by atoms with Gasteiger partial charge in [0.1, 0.15) is 11.9 Å². The van der Waals surface area contributed by atoms with Gasteiger partial charge in [-0.15, -0.1) is 0 Å². The maximum atomic E-state index is 8.83. The SMILES string of the molecule is N#Cc1nc(Nc2cc(Cl)cc(Cl)c2)ccc1N. The highest BCUT2D eigenvalue weighted by molar-refractivity contribution is 6.35. The first-order valence-electron chi connectivity index (χ1n) is 4.98. The van der Waals surface area contributed by atoms with E-state index in [2.05, 4.69) is 10.3 Å². The molecule has 3 N–H and O–H groups in total. The third-order valence-electron chi connectivity index (χ3n) is 2.17. The molecule has 0 saturated carbocycles. The van der Waals surface area contributed by atoms with Crippen molar-refractivity contribution in [2.45, 2.75) is 0 Å². The third kappa shape index (κ3) is 2.83. The van der Waals surface area contributed by atoms with E-state index in [9.17, 15) is 0 Å². The fraction of sp³-hybridized carbons (Fsp3) is 0. The first-order valence-corrected chi connectivity index (χ1v) is 5.74. The predicted octanol–water partition coefficient (Wildman–Crippen LogP) is 3.59. The van der Waals surface area contributed by atoms with Crippen molar-refractivity contribution in [1.82, 2.24) is 4.98 Å². The van der Waals surface area contributed by atoms with Crippen LogP contribution in [0.2, 0.25) is 10.0 Å². The van der Waals surface area contributed by atoms with Crippen molar-refractivity contribution < 1.29 is 0 Å². The standard InChI is InChI=1S/C12H8Cl2N4/c13-7-3-8(14)5-9(4-7)17-12-2-1-10(16)11(6-15)18-12/h1-5H,16H2,(H,17,18). The molecule has 90 valence electrons. The van der Waals surface area contributed by atoms with Gasteiger partial charge in [0.05, 0.1) is 5.69 Å². The fourth-order valence-electron chi connectivity index (χ4n) is 1.40. The van der Waals surface area contributed by atoms with Crippen molar-refractivity contribution >= 4 is 40.4 Å². The summed E-state index contributed by atoms with van der Waals surface area (Å²) >= 11 is 11.8. The minimum Gasteiger partial charge on any atom is -0.396 e. The lowest BCUT2D eigenvalue weighted by molar-refractivity contribution is 1.26. The number of rotatable bonds is 2. The van der Waals surface area contributed by atoms with E-state index in [0.717, 1.165) is 0 Å². The highest BCUT2D eigenvalue weighted by Gasteiger charge is 2.03. The van der Waals surface area contributed by atoms with Gasteiger partial charge in [-0.25, -0.2) is 4.98 Å². The van der Waals surface area contributed by atoms with Crippen molar-refractivity contribution in [1.29, 1.82) is 5.26 Å². The molecule has 1 aromatic carbocycles. The molecule has 18 heavy (non-hydrogen) atoms. The van der Waals surface area contributed by atoms with Gasteiger partial charge in [0.15, 0.2) is 5.69 Å². The number of anilines is 3. The Bertz CT molecular complexity index is 614. The molecule has 0 aliphatic rings. The van der Waals surface area contributed by atoms with Crippen LogP contribution in [0, 0.1) is 11.3 Å². The number of aromatic nitrogens is 1. The van der Waals surface area contributed by atoms with Gasteiger partial charge in [-0.2, -0.15) is 5.26 Å². The quantitative estimate of drug-likeness (QED) is 0.880. The molecular formula is C12H8Cl2N4. The summed E-state index contributed by atoms with van der Waals surface area (Å²) in [5, 5.41) is 12.9. The molecule has 0 aliphatic heterocycles. The average molecular weight is 279 g/mol. The monoisotopic (exact) mass is 278 g/mol. The van der Waals surface area contributed by atoms with Gasteiger partial charge in [-0.3, -0.25) is 0 Å². The largest absolute Gasteiger partial charge is 0.396 e. The second-order valence-electron chi connectivity index (χ2n) is 3.53. The molecule has 2 aromatic rings. The second-order valence-corrected chi connectivity index (χ2v) is 4.40. The molecule has 1 heterocycles. The van der Waals surface area contributed by atoms with Crippen LogP contribution >= 0.6 is 23.2 Å². The molecule has 4 nitrogen and oxygen atoms in total. The number of hydrogen-bond donors (Lipinski definition) is 2. The van der Waals surface area contributed by atoms with Gasteiger partial charge in [0.2, 0.25) is 0 Å². The fourth-order valence-corrected chi connectivity index (χ4v) is 1.93. The van der Waals surface area contributed by atoms with Crippen molar-refractivity contribution in [2.75, 3.05) is 11.1 Å². The molecule has 0 saturated heterocycles. The second kappa shape index (κ2) is 5.13. The van der Waals surface area contributed by atoms with Gasteiger partial charge in [0, 0.05) is 15.7 Å². The highest BCUT2D eigenvalue weighted by atomic mass is 35.5. The molecule has 0 amide bonds. The van der Waals surface area contributed by atoms with Crippen molar-refractivity contribution in [3.05, 3.63) is 46.1 Å². The number of nitrogens with zero attached hydrogens (tertiary/aromatic N) is 2. The Labute approximate surface area is 114 Å². The zero-order valence-corrected chi connectivity index (χ0v) is 10.6. The zero-order valence-electron chi connectivity index (χ0n) is 9.11. The van der Waals surface area contributed by atoms with E-state index in [0.29, 0.717) is 27.2 Å². The van der Waals surface area contributed by atoms with Crippen LogP contribution < -0.4 is 11.1 Å². The Morgan fingerprint density at radius 3 is 2.44 bits per heavy atom. The number of hydrogen-bond acceptors (Lipinski definition) is 4. The first kappa shape index (κ1) is 12.5. The van der Waals surface area contributed by atoms with Crippen LogP contribution in [0.15, 0.2) is 30.3 Å².